The maximum Gasteiger partial charge on any atom is 0.319 e. The number of fused-ring (bicyclic) bond motifs is 5. The third-order valence-corrected chi connectivity index (χ3v) is 10.6. The van der Waals surface area contributed by atoms with Crippen LogP contribution in [0.5, 0.6) is 6.01 Å². The quantitative estimate of drug-likeness (QED) is 0.310. The van der Waals surface area contributed by atoms with Crippen molar-refractivity contribution in [3.05, 3.63) is 42.6 Å². The number of hydrogen-bond acceptors (Lipinski definition) is 10. The number of aromatic nitrogens is 4. The lowest BCUT2D eigenvalue weighted by Gasteiger charge is -2.40. The highest BCUT2D eigenvalue weighted by molar-refractivity contribution is 7.22. The van der Waals surface area contributed by atoms with Gasteiger partial charge in [0.15, 0.2) is 10.9 Å². The van der Waals surface area contributed by atoms with Crippen molar-refractivity contribution in [1.82, 2.24) is 30.2 Å². The first-order valence-electron chi connectivity index (χ1n) is 14.6. The number of nitrogens with one attached hydrogen (secondary N) is 1. The third-order valence-electron chi connectivity index (χ3n) is 9.73. The van der Waals surface area contributed by atoms with E-state index in [-0.39, 0.29) is 49.7 Å². The molecule has 3 aromatic heterocycles. The van der Waals surface area contributed by atoms with E-state index in [0.29, 0.717) is 29.9 Å². The summed E-state index contributed by atoms with van der Waals surface area (Å²) in [5, 5.41) is 4.40. The molecule has 12 heteroatoms. The first kappa shape index (κ1) is 26.2. The fourth-order valence-electron chi connectivity index (χ4n) is 7.66. The van der Waals surface area contributed by atoms with Gasteiger partial charge in [0, 0.05) is 30.9 Å². The van der Waals surface area contributed by atoms with Gasteiger partial charge < -0.3 is 20.7 Å². The molecule has 4 fully saturated rings. The van der Waals surface area contributed by atoms with Gasteiger partial charge in [0.2, 0.25) is 0 Å². The van der Waals surface area contributed by atoms with Crippen LogP contribution in [0.4, 0.5) is 19.7 Å². The number of piperazine rings is 1. The smallest absolute Gasteiger partial charge is 0.319 e. The van der Waals surface area contributed by atoms with Crippen molar-refractivity contribution in [2.75, 3.05) is 43.4 Å². The summed E-state index contributed by atoms with van der Waals surface area (Å²) in [6.45, 7) is 8.09. The molecule has 7 heterocycles. The molecule has 0 aliphatic carbocycles. The molecule has 0 amide bonds. The Kier molecular flexibility index (Phi) is 5.93. The summed E-state index contributed by atoms with van der Waals surface area (Å²) in [5.41, 5.74) is 6.45. The van der Waals surface area contributed by atoms with Gasteiger partial charge in [0.1, 0.15) is 29.5 Å². The average Bonchev–Trinajstić information content (AvgIpc) is 3.75. The summed E-state index contributed by atoms with van der Waals surface area (Å²) in [5.74, 6) is -0.485. The van der Waals surface area contributed by atoms with E-state index in [1.165, 1.54) is 12.1 Å². The topological polar surface area (TPSA) is 105 Å². The minimum Gasteiger partial charge on any atom is -0.461 e. The van der Waals surface area contributed by atoms with Crippen LogP contribution in [0.25, 0.3) is 32.4 Å². The van der Waals surface area contributed by atoms with Crippen LogP contribution in [0.2, 0.25) is 0 Å². The highest BCUT2D eigenvalue weighted by Crippen LogP contribution is 2.41. The summed E-state index contributed by atoms with van der Waals surface area (Å²) in [6, 6.07) is 3.21. The molecular formula is C30H32F2N8OS. The zero-order valence-corrected chi connectivity index (χ0v) is 24.0. The fraction of sp³-hybridized carbons (Fsp3) is 0.467. The SMILES string of the molecule is C=CC12CCC(CN(c3nc(OCC45CCCN4CCC5)nc4c(F)c(-c5ccc(F)c6sc(N)nc56)ncc34)C1)N2. The number of benzene rings is 1. The number of halogens is 2. The molecule has 218 valence electrons. The third kappa shape index (κ3) is 3.99. The molecule has 1 aromatic carbocycles. The Bertz CT molecular complexity index is 1740. The Balaban J connectivity index is 1.26. The molecule has 4 saturated heterocycles. The summed E-state index contributed by atoms with van der Waals surface area (Å²) >= 11 is 1.03. The molecule has 2 unspecified atom stereocenters. The van der Waals surface area contributed by atoms with Crippen LogP contribution in [0.1, 0.15) is 38.5 Å². The van der Waals surface area contributed by atoms with Crippen molar-refractivity contribution in [2.24, 2.45) is 0 Å². The largest absolute Gasteiger partial charge is 0.461 e. The van der Waals surface area contributed by atoms with Crippen molar-refractivity contribution in [3.8, 4) is 17.3 Å². The van der Waals surface area contributed by atoms with Crippen LogP contribution in [0.15, 0.2) is 31.0 Å². The van der Waals surface area contributed by atoms with Crippen molar-refractivity contribution in [3.63, 3.8) is 0 Å². The van der Waals surface area contributed by atoms with Crippen LogP contribution in [-0.4, -0.2) is 74.7 Å². The van der Waals surface area contributed by atoms with Crippen LogP contribution < -0.4 is 20.7 Å². The molecule has 4 aromatic rings. The van der Waals surface area contributed by atoms with Gasteiger partial charge in [-0.2, -0.15) is 9.97 Å². The molecule has 2 atom stereocenters. The van der Waals surface area contributed by atoms with Gasteiger partial charge in [-0.25, -0.2) is 13.8 Å². The van der Waals surface area contributed by atoms with E-state index < -0.39 is 11.6 Å². The number of anilines is 2. The van der Waals surface area contributed by atoms with Crippen molar-refractivity contribution < 1.29 is 13.5 Å². The van der Waals surface area contributed by atoms with Gasteiger partial charge in [0.25, 0.3) is 0 Å². The Morgan fingerprint density at radius 2 is 1.98 bits per heavy atom. The van der Waals surface area contributed by atoms with Gasteiger partial charge in [-0.3, -0.25) is 9.88 Å². The van der Waals surface area contributed by atoms with Crippen molar-refractivity contribution in [1.29, 1.82) is 0 Å². The summed E-state index contributed by atoms with van der Waals surface area (Å²) in [7, 11) is 0. The average molecular weight is 591 g/mol. The lowest BCUT2D eigenvalue weighted by atomic mass is 9.95. The van der Waals surface area contributed by atoms with Gasteiger partial charge in [-0.05, 0) is 63.7 Å². The second-order valence-corrected chi connectivity index (χ2v) is 13.2. The molecule has 42 heavy (non-hydrogen) atoms. The Morgan fingerprint density at radius 1 is 1.14 bits per heavy atom. The summed E-state index contributed by atoms with van der Waals surface area (Å²) < 4.78 is 37.7. The molecule has 0 spiro atoms. The van der Waals surface area contributed by atoms with E-state index in [2.05, 4.69) is 36.6 Å². The van der Waals surface area contributed by atoms with E-state index in [9.17, 15) is 4.39 Å². The fourth-order valence-corrected chi connectivity index (χ4v) is 8.42. The number of nitrogens with zero attached hydrogens (tertiary/aromatic N) is 6. The molecule has 3 N–H and O–H groups in total. The number of nitrogens with two attached hydrogens (primary N) is 1. The van der Waals surface area contributed by atoms with E-state index in [1.54, 1.807) is 6.20 Å². The first-order chi connectivity index (χ1) is 20.4. The van der Waals surface area contributed by atoms with Gasteiger partial charge in [-0.1, -0.05) is 17.4 Å². The van der Waals surface area contributed by atoms with Crippen LogP contribution in [0, 0.1) is 11.6 Å². The number of thiazole rings is 1. The van der Waals surface area contributed by atoms with Gasteiger partial charge in [0.05, 0.1) is 26.7 Å². The molecule has 4 aliphatic rings. The molecule has 0 saturated carbocycles. The van der Waals surface area contributed by atoms with E-state index >= 15 is 4.39 Å². The van der Waals surface area contributed by atoms with Gasteiger partial charge >= 0.3 is 6.01 Å². The number of pyridine rings is 1. The lowest BCUT2D eigenvalue weighted by Crippen LogP contribution is -2.58. The predicted octanol–water partition coefficient (Wildman–Crippen LogP) is 4.67. The Labute approximate surface area is 245 Å². The minimum absolute atomic E-state index is 0.00819. The van der Waals surface area contributed by atoms with E-state index in [0.717, 1.165) is 69.5 Å². The molecule has 0 radical (unpaired) electrons. The maximum atomic E-state index is 16.6. The molecular weight excluding hydrogens is 558 g/mol. The molecule has 9 nitrogen and oxygen atoms in total. The lowest BCUT2D eigenvalue weighted by molar-refractivity contribution is 0.108. The zero-order valence-electron chi connectivity index (χ0n) is 23.2. The summed E-state index contributed by atoms with van der Waals surface area (Å²) in [4.78, 5) is 23.0. The number of rotatable bonds is 6. The highest BCUT2D eigenvalue weighted by Gasteiger charge is 2.46. The van der Waals surface area contributed by atoms with Crippen LogP contribution in [-0.2, 0) is 0 Å². The number of nitrogen functional groups attached to an aromatic ring is 1. The Hall–Kier alpha value is -3.48. The van der Waals surface area contributed by atoms with E-state index in [4.69, 9.17) is 15.5 Å². The minimum atomic E-state index is -0.626. The number of hydrogen-bond donors (Lipinski definition) is 2. The number of ether oxygens (including phenoxy) is 1. The van der Waals surface area contributed by atoms with E-state index in [1.807, 2.05) is 6.08 Å². The van der Waals surface area contributed by atoms with Crippen LogP contribution in [0.3, 0.4) is 0 Å². The van der Waals surface area contributed by atoms with Crippen LogP contribution >= 0.6 is 11.3 Å². The molecule has 2 bridgehead atoms. The first-order valence-corrected chi connectivity index (χ1v) is 15.4. The Morgan fingerprint density at radius 3 is 2.79 bits per heavy atom. The predicted molar refractivity (Wildman–Crippen MR) is 160 cm³/mol. The summed E-state index contributed by atoms with van der Waals surface area (Å²) in [6.07, 6.45) is 10.0. The highest BCUT2D eigenvalue weighted by atomic mass is 32.1. The standard InChI is InChI=1S/C30H32F2N8OS/c1-2-29-10-7-17(38-29)14-39(15-29)26-19-13-34-22(18-5-6-20(31)25-24(18)35-27(33)42-25)21(32)23(19)36-28(37-26)41-16-30-8-3-11-40(30)12-4-9-30/h2,5-6,13,17,38H,1,3-4,7-12,14-16H2,(H2,33,35). The van der Waals surface area contributed by atoms with Gasteiger partial charge in [-0.15, -0.1) is 6.58 Å². The van der Waals surface area contributed by atoms with Crippen molar-refractivity contribution in [2.45, 2.75) is 55.6 Å². The monoisotopic (exact) mass is 590 g/mol. The molecule has 4 aliphatic heterocycles. The maximum absolute atomic E-state index is 16.6. The normalized spacial score (nSPS) is 25.0. The van der Waals surface area contributed by atoms with Crippen molar-refractivity contribution >= 4 is 43.4 Å². The molecule has 8 rings (SSSR count). The second kappa shape index (κ2) is 9.51. The second-order valence-electron chi connectivity index (χ2n) is 12.2. The zero-order chi connectivity index (χ0) is 28.6.